The number of hydrogen-bond donors (Lipinski definition) is 1. The van der Waals surface area contributed by atoms with Crippen LogP contribution in [-0.2, 0) is 19.7 Å². The average molecular weight is 261 g/mol. The number of rotatable bonds is 3. The van der Waals surface area contributed by atoms with Crippen LogP contribution in [0.2, 0.25) is 0 Å². The minimum Gasteiger partial charge on any atom is -0.465 e. The maximum absolute atomic E-state index is 12.4. The molecule has 1 atom stereocenters. The molecule has 2 rings (SSSR count). The second-order valence-corrected chi connectivity index (χ2v) is 4.77. The smallest absolute Gasteiger partial charge is 0.316 e. The summed E-state index contributed by atoms with van der Waals surface area (Å²) in [6, 6.07) is 9.62. The highest BCUT2D eigenvalue weighted by Crippen LogP contribution is 2.35. The van der Waals surface area contributed by atoms with Gasteiger partial charge in [0.25, 0.3) is 0 Å². The predicted molar refractivity (Wildman–Crippen MR) is 71.6 cm³/mol. The number of carbonyl (C=O) groups is 2. The summed E-state index contributed by atoms with van der Waals surface area (Å²) in [7, 11) is 0. The molecule has 0 spiro atoms. The molecule has 1 aromatic carbocycles. The number of ether oxygens (including phenoxy) is 1. The zero-order valence-corrected chi connectivity index (χ0v) is 11.1. The van der Waals surface area contributed by atoms with Gasteiger partial charge in [-0.2, -0.15) is 0 Å². The van der Waals surface area contributed by atoms with E-state index in [1.165, 1.54) is 0 Å². The van der Waals surface area contributed by atoms with Crippen LogP contribution in [0.15, 0.2) is 30.3 Å². The molecule has 0 aromatic heterocycles. The van der Waals surface area contributed by atoms with E-state index in [9.17, 15) is 9.59 Å². The Hall–Kier alpha value is -1.84. The molecule has 0 saturated carbocycles. The summed E-state index contributed by atoms with van der Waals surface area (Å²) < 4.78 is 5.25. The van der Waals surface area contributed by atoms with Crippen LogP contribution in [0.1, 0.15) is 31.7 Å². The van der Waals surface area contributed by atoms with Gasteiger partial charge in [0.1, 0.15) is 0 Å². The van der Waals surface area contributed by atoms with Crippen LogP contribution in [0.25, 0.3) is 0 Å². The Labute approximate surface area is 113 Å². The third-order valence-electron chi connectivity index (χ3n) is 3.65. The minimum absolute atomic E-state index is 0.00195. The highest BCUT2D eigenvalue weighted by molar-refractivity contribution is 5.85. The maximum atomic E-state index is 12.4. The molecule has 1 amide bonds. The number of benzene rings is 1. The second kappa shape index (κ2) is 5.87. The maximum Gasteiger partial charge on any atom is 0.316 e. The van der Waals surface area contributed by atoms with Gasteiger partial charge in [-0.1, -0.05) is 30.3 Å². The number of carbonyl (C=O) groups excluding carboxylic acids is 2. The third kappa shape index (κ3) is 2.78. The third-order valence-corrected chi connectivity index (χ3v) is 3.65. The first kappa shape index (κ1) is 13.6. The molecule has 1 unspecified atom stereocenters. The summed E-state index contributed by atoms with van der Waals surface area (Å²) in [4.78, 5) is 23.9. The van der Waals surface area contributed by atoms with E-state index in [1.807, 2.05) is 30.3 Å². The van der Waals surface area contributed by atoms with E-state index in [0.29, 0.717) is 32.4 Å². The Balaban J connectivity index is 2.37. The number of hydrogen-bond acceptors (Lipinski definition) is 3. The Morgan fingerprint density at radius 3 is 2.74 bits per heavy atom. The van der Waals surface area contributed by atoms with Gasteiger partial charge < -0.3 is 10.1 Å². The molecule has 0 aliphatic carbocycles. The van der Waals surface area contributed by atoms with Crippen LogP contribution < -0.4 is 5.32 Å². The molecule has 1 fully saturated rings. The van der Waals surface area contributed by atoms with Gasteiger partial charge in [0.05, 0.1) is 12.0 Å². The summed E-state index contributed by atoms with van der Waals surface area (Å²) >= 11 is 0. The van der Waals surface area contributed by atoms with E-state index in [-0.39, 0.29) is 11.9 Å². The molecule has 0 bridgehead atoms. The van der Waals surface area contributed by atoms with Crippen molar-refractivity contribution in [3.8, 4) is 0 Å². The Kier molecular flexibility index (Phi) is 4.20. The minimum atomic E-state index is -0.698. The van der Waals surface area contributed by atoms with E-state index in [0.717, 1.165) is 5.56 Å². The summed E-state index contributed by atoms with van der Waals surface area (Å²) in [5.74, 6) is -0.222. The van der Waals surface area contributed by atoms with Gasteiger partial charge in [-0.3, -0.25) is 9.59 Å². The molecule has 1 aromatic rings. The molecule has 0 radical (unpaired) electrons. The summed E-state index contributed by atoms with van der Waals surface area (Å²) in [5, 5.41) is 2.82. The molecule has 1 saturated heterocycles. The standard InChI is InChI=1S/C15H19NO3/c1-2-19-14(18)15(12-6-4-3-5-7-12)9-8-13(17)16-11-10-15/h3-7H,2,8-11H2,1H3,(H,16,17). The molecule has 1 N–H and O–H groups in total. The van der Waals surface area contributed by atoms with Gasteiger partial charge in [-0.25, -0.2) is 0 Å². The van der Waals surface area contributed by atoms with Crippen LogP contribution in [0, 0.1) is 0 Å². The normalized spacial score (nSPS) is 23.3. The fourth-order valence-corrected chi connectivity index (χ4v) is 2.59. The second-order valence-electron chi connectivity index (χ2n) is 4.77. The average Bonchev–Trinajstić information content (AvgIpc) is 2.63. The van der Waals surface area contributed by atoms with Crippen molar-refractivity contribution in [1.29, 1.82) is 0 Å². The lowest BCUT2D eigenvalue weighted by molar-refractivity contribution is -0.150. The topological polar surface area (TPSA) is 55.4 Å². The van der Waals surface area contributed by atoms with Gasteiger partial charge in [0, 0.05) is 13.0 Å². The van der Waals surface area contributed by atoms with E-state index in [1.54, 1.807) is 6.92 Å². The first-order valence-electron chi connectivity index (χ1n) is 6.68. The van der Waals surface area contributed by atoms with Crippen molar-refractivity contribution in [3.05, 3.63) is 35.9 Å². The van der Waals surface area contributed by atoms with Gasteiger partial charge in [-0.05, 0) is 25.3 Å². The van der Waals surface area contributed by atoms with Crippen molar-refractivity contribution in [2.45, 2.75) is 31.6 Å². The van der Waals surface area contributed by atoms with E-state index in [4.69, 9.17) is 4.74 Å². The van der Waals surface area contributed by atoms with E-state index >= 15 is 0 Å². The summed E-state index contributed by atoms with van der Waals surface area (Å²) in [6.45, 7) is 2.66. The Bertz CT molecular complexity index is 458. The van der Waals surface area contributed by atoms with Crippen LogP contribution in [0.5, 0.6) is 0 Å². The molecular weight excluding hydrogens is 242 g/mol. The molecule has 4 heteroatoms. The molecule has 1 aliphatic rings. The van der Waals surface area contributed by atoms with Crippen LogP contribution in [0.3, 0.4) is 0 Å². The fraction of sp³-hybridized carbons (Fsp3) is 0.467. The van der Waals surface area contributed by atoms with Crippen LogP contribution in [0.4, 0.5) is 0 Å². The first-order valence-corrected chi connectivity index (χ1v) is 6.68. The zero-order chi connectivity index (χ0) is 13.7. The van der Waals surface area contributed by atoms with Crippen molar-refractivity contribution in [1.82, 2.24) is 5.32 Å². The monoisotopic (exact) mass is 261 g/mol. The number of esters is 1. The van der Waals surface area contributed by atoms with E-state index in [2.05, 4.69) is 5.32 Å². The van der Waals surface area contributed by atoms with Crippen molar-refractivity contribution >= 4 is 11.9 Å². The highest BCUT2D eigenvalue weighted by Gasteiger charge is 2.42. The Morgan fingerprint density at radius 2 is 2.05 bits per heavy atom. The van der Waals surface area contributed by atoms with Crippen molar-refractivity contribution in [3.63, 3.8) is 0 Å². The highest BCUT2D eigenvalue weighted by atomic mass is 16.5. The van der Waals surface area contributed by atoms with Gasteiger partial charge in [0.2, 0.25) is 5.91 Å². The van der Waals surface area contributed by atoms with Gasteiger partial charge >= 0.3 is 5.97 Å². The van der Waals surface area contributed by atoms with Gasteiger partial charge in [0.15, 0.2) is 0 Å². The Morgan fingerprint density at radius 1 is 1.32 bits per heavy atom. The summed E-state index contributed by atoms with van der Waals surface area (Å²) in [6.07, 6.45) is 1.44. The van der Waals surface area contributed by atoms with Crippen molar-refractivity contribution in [2.24, 2.45) is 0 Å². The predicted octanol–water partition coefficient (Wildman–Crippen LogP) is 1.79. The lowest BCUT2D eigenvalue weighted by Gasteiger charge is -2.30. The molecule has 4 nitrogen and oxygen atoms in total. The quantitative estimate of drug-likeness (QED) is 0.844. The number of nitrogens with one attached hydrogen (secondary N) is 1. The molecule has 102 valence electrons. The largest absolute Gasteiger partial charge is 0.465 e. The lowest BCUT2D eigenvalue weighted by Crippen LogP contribution is -2.38. The van der Waals surface area contributed by atoms with Crippen molar-refractivity contribution in [2.75, 3.05) is 13.2 Å². The summed E-state index contributed by atoms with van der Waals surface area (Å²) in [5.41, 5.74) is 0.237. The van der Waals surface area contributed by atoms with Gasteiger partial charge in [-0.15, -0.1) is 0 Å². The molecule has 1 heterocycles. The molecule has 19 heavy (non-hydrogen) atoms. The lowest BCUT2D eigenvalue weighted by atomic mass is 9.74. The molecular formula is C15H19NO3. The first-order chi connectivity index (χ1) is 9.19. The SMILES string of the molecule is CCOC(=O)C1(c2ccccc2)CCNC(=O)CC1. The van der Waals surface area contributed by atoms with Crippen LogP contribution in [-0.4, -0.2) is 25.0 Å². The zero-order valence-electron chi connectivity index (χ0n) is 11.1. The molecule has 1 aliphatic heterocycles. The van der Waals surface area contributed by atoms with E-state index < -0.39 is 5.41 Å². The fourth-order valence-electron chi connectivity index (χ4n) is 2.59. The van der Waals surface area contributed by atoms with Crippen LogP contribution >= 0.6 is 0 Å². The number of amides is 1. The van der Waals surface area contributed by atoms with Crippen molar-refractivity contribution < 1.29 is 14.3 Å².